The van der Waals surface area contributed by atoms with Crippen LogP contribution in [0.5, 0.6) is 0 Å². The van der Waals surface area contributed by atoms with E-state index < -0.39 is 13.8 Å². The molecule has 0 amide bonds. The minimum Gasteiger partial charge on any atom is -0.207 e. The monoisotopic (exact) mass is 696 g/mol. The molecule has 8 aromatic rings. The maximum atomic E-state index is 14.3. The number of fused-ring (bicyclic) bond motifs is 5. The largest absolute Gasteiger partial charge is 0.207 e. The van der Waals surface area contributed by atoms with E-state index in [1.165, 1.54) is 48.5 Å². The van der Waals surface area contributed by atoms with Gasteiger partial charge in [-0.05, 0) is 139 Å². The molecule has 0 aliphatic rings. The Hall–Kier alpha value is -5.14. The third-order valence-electron chi connectivity index (χ3n) is 9.73. The first-order valence-corrected chi connectivity index (χ1v) is 20.0. The molecule has 0 fully saturated rings. The second kappa shape index (κ2) is 12.3. The van der Waals surface area contributed by atoms with Gasteiger partial charge in [0.05, 0.1) is 0 Å². The van der Waals surface area contributed by atoms with Crippen molar-refractivity contribution in [3.05, 3.63) is 181 Å². The highest BCUT2D eigenvalue weighted by molar-refractivity contribution is 7.94. The number of hydrogen-bond donors (Lipinski definition) is 0. The van der Waals surface area contributed by atoms with Gasteiger partial charge in [0.1, 0.15) is 23.3 Å². The van der Waals surface area contributed by atoms with Gasteiger partial charge >= 0.3 is 0 Å². The van der Waals surface area contributed by atoms with Crippen molar-refractivity contribution in [2.45, 2.75) is 0 Å². The number of halogens is 4. The van der Waals surface area contributed by atoms with Gasteiger partial charge in [0.2, 0.25) is 0 Å². The van der Waals surface area contributed by atoms with E-state index in [1.807, 2.05) is 24.3 Å². The Kier molecular flexibility index (Phi) is 7.91. The van der Waals surface area contributed by atoms with Crippen molar-refractivity contribution in [3.63, 3.8) is 0 Å². The third-order valence-corrected chi connectivity index (χ3v) is 16.8. The van der Waals surface area contributed by atoms with Crippen LogP contribution >= 0.6 is 13.8 Å². The van der Waals surface area contributed by atoms with Gasteiger partial charge in [0, 0.05) is 0 Å². The summed E-state index contributed by atoms with van der Waals surface area (Å²) < 4.78 is 57.2. The zero-order valence-electron chi connectivity index (χ0n) is 26.8. The molecule has 0 heterocycles. The standard InChI is InChI=1S/C44H30F4P2/c1-49(33-19-11-29(45)12-20-33,34-21-13-30(46)14-22-34)43-27-41-38-8-4-6-10-40(38)44(28-42(41)37-7-3-5-9-39(37)43)50(2,35-23-15-31(47)16-24-35)36-25-17-32(48)18-26-36/h3-28H,1-2H2. The lowest BCUT2D eigenvalue weighted by Crippen LogP contribution is -2.27. The molecule has 0 nitrogen and oxygen atoms in total. The van der Waals surface area contributed by atoms with E-state index in [4.69, 9.17) is 12.6 Å². The van der Waals surface area contributed by atoms with Crippen molar-refractivity contribution in [3.8, 4) is 0 Å². The van der Waals surface area contributed by atoms with E-state index in [-0.39, 0.29) is 23.3 Å². The predicted octanol–water partition coefficient (Wildman–Crippen LogP) is 9.15. The molecule has 0 unspecified atom stereocenters. The Morgan fingerprint density at radius 3 is 0.800 bits per heavy atom. The fraction of sp³-hybridized carbons (Fsp3) is 0. The van der Waals surface area contributed by atoms with E-state index in [1.54, 1.807) is 48.5 Å². The van der Waals surface area contributed by atoms with Gasteiger partial charge in [0.15, 0.2) is 0 Å². The van der Waals surface area contributed by atoms with Crippen molar-refractivity contribution >= 4 is 90.5 Å². The van der Waals surface area contributed by atoms with Crippen LogP contribution in [0.25, 0.3) is 32.3 Å². The first-order chi connectivity index (χ1) is 24.2. The van der Waals surface area contributed by atoms with Gasteiger partial charge in [-0.15, -0.1) is 0 Å². The molecule has 0 atom stereocenters. The summed E-state index contributed by atoms with van der Waals surface area (Å²) in [5.74, 6) is -1.38. The molecule has 0 radical (unpaired) electrons. The number of benzene rings is 8. The molecule has 0 aliphatic carbocycles. The van der Waals surface area contributed by atoms with Crippen LogP contribution in [0.2, 0.25) is 0 Å². The summed E-state index contributed by atoms with van der Waals surface area (Å²) in [4.78, 5) is 0. The summed E-state index contributed by atoms with van der Waals surface area (Å²) >= 11 is 0. The molecule has 0 saturated carbocycles. The normalized spacial score (nSPS) is 12.2. The van der Waals surface area contributed by atoms with Crippen LogP contribution in [0.4, 0.5) is 17.6 Å². The molecule has 0 bridgehead atoms. The second-order valence-corrected chi connectivity index (χ2v) is 18.8. The van der Waals surface area contributed by atoms with E-state index >= 15 is 0 Å². The highest BCUT2D eigenvalue weighted by Gasteiger charge is 2.29. The highest BCUT2D eigenvalue weighted by atomic mass is 31.2. The van der Waals surface area contributed by atoms with Crippen LogP contribution in [-0.2, 0) is 0 Å². The summed E-state index contributed by atoms with van der Waals surface area (Å²) in [5, 5.41) is 11.4. The Balaban J connectivity index is 1.51. The average molecular weight is 697 g/mol. The topological polar surface area (TPSA) is 0 Å². The Morgan fingerprint density at radius 2 is 0.540 bits per heavy atom. The van der Waals surface area contributed by atoms with Crippen LogP contribution in [-0.4, -0.2) is 12.6 Å². The quantitative estimate of drug-likeness (QED) is 0.0925. The fourth-order valence-electron chi connectivity index (χ4n) is 7.18. The van der Waals surface area contributed by atoms with E-state index in [0.29, 0.717) is 0 Å². The smallest absolute Gasteiger partial charge is 0.123 e. The lowest BCUT2D eigenvalue weighted by molar-refractivity contribution is 0.628. The van der Waals surface area contributed by atoms with Gasteiger partial charge in [0.25, 0.3) is 0 Å². The summed E-state index contributed by atoms with van der Waals surface area (Å²) in [6.45, 7) is -5.41. The molecule has 8 aromatic carbocycles. The molecular formula is C44H30F4P2. The molecule has 0 saturated heterocycles. The molecule has 0 aromatic heterocycles. The van der Waals surface area contributed by atoms with Gasteiger partial charge in [-0.3, -0.25) is 0 Å². The first kappa shape index (κ1) is 32.1. The SMILES string of the molecule is C=P(c1ccc(F)cc1)(c1ccc(F)cc1)c1cc2c3ccccc3c(P(=C)(c3ccc(F)cc3)c3ccc(F)cc3)cc2c2ccccc12. The zero-order valence-corrected chi connectivity index (χ0v) is 28.6. The van der Waals surface area contributed by atoms with Gasteiger partial charge in [-0.1, -0.05) is 110 Å². The van der Waals surface area contributed by atoms with Crippen molar-refractivity contribution in [1.29, 1.82) is 0 Å². The van der Waals surface area contributed by atoms with E-state index in [9.17, 15) is 17.6 Å². The van der Waals surface area contributed by atoms with Crippen molar-refractivity contribution in [1.82, 2.24) is 0 Å². The average Bonchev–Trinajstić information content (AvgIpc) is 3.14. The van der Waals surface area contributed by atoms with Crippen LogP contribution < -0.4 is 31.8 Å². The third kappa shape index (κ3) is 5.14. The van der Waals surface area contributed by atoms with Crippen molar-refractivity contribution in [2.24, 2.45) is 0 Å². The highest BCUT2D eigenvalue weighted by Crippen LogP contribution is 2.49. The summed E-state index contributed by atoms with van der Waals surface area (Å²) in [6, 6.07) is 46.6. The van der Waals surface area contributed by atoms with E-state index in [2.05, 4.69) is 36.4 Å². The number of hydrogen-bond acceptors (Lipinski definition) is 0. The summed E-state index contributed by atoms with van der Waals surface area (Å²) in [5.41, 5.74) is 0. The van der Waals surface area contributed by atoms with Gasteiger partial charge in [-0.2, -0.15) is 0 Å². The van der Waals surface area contributed by atoms with E-state index in [0.717, 1.165) is 64.1 Å². The van der Waals surface area contributed by atoms with Gasteiger partial charge < -0.3 is 0 Å². The maximum Gasteiger partial charge on any atom is 0.123 e. The number of rotatable bonds is 6. The predicted molar refractivity (Wildman–Crippen MR) is 210 cm³/mol. The Bertz CT molecular complexity index is 2380. The van der Waals surface area contributed by atoms with Crippen LogP contribution in [0.3, 0.4) is 0 Å². The zero-order chi connectivity index (χ0) is 34.6. The molecular weight excluding hydrogens is 666 g/mol. The minimum atomic E-state index is -2.70. The fourth-order valence-corrected chi connectivity index (χ4v) is 13.4. The van der Waals surface area contributed by atoms with Crippen molar-refractivity contribution < 1.29 is 17.6 Å². The lowest BCUT2D eigenvalue weighted by atomic mass is 9.97. The Morgan fingerprint density at radius 1 is 0.300 bits per heavy atom. The molecule has 244 valence electrons. The molecule has 8 rings (SSSR count). The molecule has 6 heteroatoms. The second-order valence-electron chi connectivity index (χ2n) is 12.5. The van der Waals surface area contributed by atoms with Crippen LogP contribution in [0.15, 0.2) is 158 Å². The Labute approximate surface area is 288 Å². The van der Waals surface area contributed by atoms with Crippen molar-refractivity contribution in [2.75, 3.05) is 0 Å². The summed E-state index contributed by atoms with van der Waals surface area (Å²) in [7, 11) is 0. The molecule has 0 spiro atoms. The van der Waals surface area contributed by atoms with Gasteiger partial charge in [-0.25, -0.2) is 17.6 Å². The summed E-state index contributed by atoms with van der Waals surface area (Å²) in [6.07, 6.45) is 9.85. The molecule has 0 N–H and O–H groups in total. The minimum absolute atomic E-state index is 0.344. The molecule has 50 heavy (non-hydrogen) atoms. The van der Waals surface area contributed by atoms with Crippen LogP contribution in [0.1, 0.15) is 0 Å². The first-order valence-electron chi connectivity index (χ1n) is 16.1. The lowest BCUT2D eigenvalue weighted by Gasteiger charge is -2.31. The maximum absolute atomic E-state index is 14.3. The molecule has 0 aliphatic heterocycles. The van der Waals surface area contributed by atoms with Crippen LogP contribution in [0, 0.1) is 23.3 Å².